The Morgan fingerprint density at radius 1 is 0.939 bits per heavy atom. The van der Waals surface area contributed by atoms with Crippen LogP contribution in [-0.4, -0.2) is 31.3 Å². The lowest BCUT2D eigenvalue weighted by Gasteiger charge is -2.09. The number of rotatable bonds is 7. The van der Waals surface area contributed by atoms with Gasteiger partial charge in [0.15, 0.2) is 5.65 Å². The maximum absolute atomic E-state index is 6.58. The van der Waals surface area contributed by atoms with Crippen molar-refractivity contribution >= 4 is 22.8 Å². The summed E-state index contributed by atoms with van der Waals surface area (Å²) in [4.78, 5) is 13.9. The first-order chi connectivity index (χ1) is 16.2. The van der Waals surface area contributed by atoms with E-state index in [-0.39, 0.29) is 0 Å². The highest BCUT2D eigenvalue weighted by Gasteiger charge is 2.18. The number of nitrogens with zero attached hydrogens (tertiary/aromatic N) is 5. The molecule has 0 saturated heterocycles. The molecule has 0 aliphatic heterocycles. The monoisotopic (exact) mass is 435 g/mol. The van der Waals surface area contributed by atoms with Gasteiger partial charge in [0.1, 0.15) is 5.82 Å². The van der Waals surface area contributed by atoms with E-state index >= 15 is 0 Å². The molecule has 0 radical (unpaired) electrons. The Labute approximate surface area is 192 Å². The predicted molar refractivity (Wildman–Crippen MR) is 132 cm³/mol. The highest BCUT2D eigenvalue weighted by Crippen LogP contribution is 2.32. The van der Waals surface area contributed by atoms with Crippen LogP contribution in [0.25, 0.3) is 22.3 Å². The van der Waals surface area contributed by atoms with E-state index < -0.39 is 0 Å². The van der Waals surface area contributed by atoms with Gasteiger partial charge >= 0.3 is 0 Å². The number of hydrogen-bond donors (Lipinski definition) is 2. The van der Waals surface area contributed by atoms with Crippen LogP contribution >= 0.6 is 0 Å². The van der Waals surface area contributed by atoms with Crippen LogP contribution in [-0.2, 0) is 13.0 Å². The molecular formula is C26H25N7. The van der Waals surface area contributed by atoms with Gasteiger partial charge in [-0.1, -0.05) is 60.2 Å². The van der Waals surface area contributed by atoms with Crippen molar-refractivity contribution in [2.75, 3.05) is 17.6 Å². The first-order valence-electron chi connectivity index (χ1n) is 11.0. The first-order valence-corrected chi connectivity index (χ1v) is 11.0. The molecule has 7 heteroatoms. The third-order valence-corrected chi connectivity index (χ3v) is 5.50. The highest BCUT2D eigenvalue weighted by molar-refractivity contribution is 5.99. The molecule has 7 nitrogen and oxygen atoms in total. The van der Waals surface area contributed by atoms with E-state index in [2.05, 4.69) is 46.5 Å². The Kier molecular flexibility index (Phi) is 5.68. The molecule has 0 saturated carbocycles. The van der Waals surface area contributed by atoms with Gasteiger partial charge in [-0.2, -0.15) is 4.98 Å². The summed E-state index contributed by atoms with van der Waals surface area (Å²) in [5.41, 5.74) is 12.2. The van der Waals surface area contributed by atoms with E-state index in [1.807, 2.05) is 48.5 Å². The SMILES string of the molecule is Cc1cccc(-c2nc(NCCc3ccccn3)nc3nn(Cc4ccccc4)c(N)c23)c1. The van der Waals surface area contributed by atoms with Crippen molar-refractivity contribution in [3.05, 3.63) is 95.8 Å². The number of aryl methyl sites for hydroxylation is 1. The van der Waals surface area contributed by atoms with Crippen molar-refractivity contribution in [2.45, 2.75) is 19.9 Å². The van der Waals surface area contributed by atoms with Gasteiger partial charge in [-0.05, 0) is 30.7 Å². The number of nitrogens with two attached hydrogens (primary N) is 1. The summed E-state index contributed by atoms with van der Waals surface area (Å²) < 4.78 is 1.80. The van der Waals surface area contributed by atoms with Crippen LogP contribution in [0.4, 0.5) is 11.8 Å². The third kappa shape index (κ3) is 4.52. The van der Waals surface area contributed by atoms with Gasteiger partial charge in [-0.25, -0.2) is 9.67 Å². The number of aromatic nitrogens is 5. The fourth-order valence-corrected chi connectivity index (χ4v) is 3.86. The summed E-state index contributed by atoms with van der Waals surface area (Å²) in [6.07, 6.45) is 2.57. The van der Waals surface area contributed by atoms with Crippen LogP contribution in [0.3, 0.4) is 0 Å². The van der Waals surface area contributed by atoms with E-state index in [0.29, 0.717) is 30.5 Å². The maximum Gasteiger partial charge on any atom is 0.225 e. The quantitative estimate of drug-likeness (QED) is 0.391. The molecule has 2 aromatic carbocycles. The van der Waals surface area contributed by atoms with Crippen LogP contribution in [0.1, 0.15) is 16.8 Å². The molecule has 3 N–H and O–H groups in total. The maximum atomic E-state index is 6.58. The molecule has 0 bridgehead atoms. The molecule has 0 spiro atoms. The van der Waals surface area contributed by atoms with Gasteiger partial charge in [0.25, 0.3) is 0 Å². The molecule has 33 heavy (non-hydrogen) atoms. The predicted octanol–water partition coefficient (Wildman–Crippen LogP) is 4.48. The minimum absolute atomic E-state index is 0.527. The molecule has 0 amide bonds. The van der Waals surface area contributed by atoms with Crippen molar-refractivity contribution in [3.63, 3.8) is 0 Å². The summed E-state index contributed by atoms with van der Waals surface area (Å²) in [7, 11) is 0. The van der Waals surface area contributed by atoms with Gasteiger partial charge in [0.05, 0.1) is 17.6 Å². The number of nitrogen functional groups attached to an aromatic ring is 1. The van der Waals surface area contributed by atoms with Crippen molar-refractivity contribution in [2.24, 2.45) is 0 Å². The first kappa shape index (κ1) is 20.6. The minimum Gasteiger partial charge on any atom is -0.383 e. The largest absolute Gasteiger partial charge is 0.383 e. The Balaban J connectivity index is 1.53. The van der Waals surface area contributed by atoms with E-state index in [4.69, 9.17) is 15.8 Å². The summed E-state index contributed by atoms with van der Waals surface area (Å²) in [5, 5.41) is 8.84. The average Bonchev–Trinajstić information content (AvgIpc) is 3.15. The van der Waals surface area contributed by atoms with Crippen LogP contribution < -0.4 is 11.1 Å². The Bertz CT molecular complexity index is 1380. The Morgan fingerprint density at radius 3 is 2.58 bits per heavy atom. The summed E-state index contributed by atoms with van der Waals surface area (Å²) >= 11 is 0. The zero-order valence-corrected chi connectivity index (χ0v) is 18.4. The number of nitrogens with one attached hydrogen (secondary N) is 1. The molecule has 3 aromatic heterocycles. The van der Waals surface area contributed by atoms with Crippen LogP contribution in [0, 0.1) is 6.92 Å². The minimum atomic E-state index is 0.527. The lowest BCUT2D eigenvalue weighted by molar-refractivity contribution is 0.703. The molecule has 0 aliphatic carbocycles. The number of anilines is 2. The number of fused-ring (bicyclic) bond motifs is 1. The molecule has 5 aromatic rings. The van der Waals surface area contributed by atoms with Gasteiger partial charge in [-0.15, -0.1) is 5.10 Å². The van der Waals surface area contributed by atoms with Crippen molar-refractivity contribution in [1.29, 1.82) is 0 Å². The Hall–Kier alpha value is -4.26. The lowest BCUT2D eigenvalue weighted by Crippen LogP contribution is -2.09. The molecule has 164 valence electrons. The van der Waals surface area contributed by atoms with E-state index in [1.165, 1.54) is 0 Å². The second kappa shape index (κ2) is 9.08. The van der Waals surface area contributed by atoms with Crippen molar-refractivity contribution in [3.8, 4) is 11.3 Å². The van der Waals surface area contributed by atoms with Gasteiger partial charge in [0.2, 0.25) is 5.95 Å². The van der Waals surface area contributed by atoms with Gasteiger partial charge in [0, 0.05) is 30.4 Å². The highest BCUT2D eigenvalue weighted by atomic mass is 15.3. The van der Waals surface area contributed by atoms with Gasteiger partial charge in [-0.3, -0.25) is 4.98 Å². The second-order valence-corrected chi connectivity index (χ2v) is 7.99. The number of benzene rings is 2. The third-order valence-electron chi connectivity index (χ3n) is 5.50. The molecule has 5 rings (SSSR count). The van der Waals surface area contributed by atoms with Crippen LogP contribution in [0.2, 0.25) is 0 Å². The lowest BCUT2D eigenvalue weighted by atomic mass is 10.1. The summed E-state index contributed by atoms with van der Waals surface area (Å²) in [6, 6.07) is 24.3. The van der Waals surface area contributed by atoms with Crippen molar-refractivity contribution < 1.29 is 0 Å². The molecule has 0 unspecified atom stereocenters. The van der Waals surface area contributed by atoms with Gasteiger partial charge < -0.3 is 11.1 Å². The summed E-state index contributed by atoms with van der Waals surface area (Å²) in [6.45, 7) is 3.30. The second-order valence-electron chi connectivity index (χ2n) is 7.99. The van der Waals surface area contributed by atoms with Crippen LogP contribution in [0.5, 0.6) is 0 Å². The van der Waals surface area contributed by atoms with E-state index in [0.717, 1.165) is 39.9 Å². The van der Waals surface area contributed by atoms with E-state index in [1.54, 1.807) is 10.9 Å². The average molecular weight is 436 g/mol. The van der Waals surface area contributed by atoms with E-state index in [9.17, 15) is 0 Å². The van der Waals surface area contributed by atoms with Crippen molar-refractivity contribution in [1.82, 2.24) is 24.7 Å². The fourth-order valence-electron chi connectivity index (χ4n) is 3.86. The number of pyridine rings is 1. The Morgan fingerprint density at radius 2 is 1.79 bits per heavy atom. The fraction of sp³-hybridized carbons (Fsp3) is 0.154. The standard InChI is InChI=1S/C26H25N7/c1-18-8-7-11-20(16-18)23-22-24(27)33(17-19-9-3-2-4-10-19)32-25(22)31-26(30-23)29-15-13-21-12-5-6-14-28-21/h2-12,14,16H,13,15,17,27H2,1H3,(H,29,31,32). The van der Waals surface area contributed by atoms with Crippen LogP contribution in [0.15, 0.2) is 79.0 Å². The summed E-state index contributed by atoms with van der Waals surface area (Å²) in [5.74, 6) is 1.09. The zero-order valence-electron chi connectivity index (χ0n) is 18.4. The molecular weight excluding hydrogens is 410 g/mol. The molecule has 0 atom stereocenters. The smallest absolute Gasteiger partial charge is 0.225 e. The molecule has 0 fully saturated rings. The molecule has 3 heterocycles. The zero-order chi connectivity index (χ0) is 22.6. The topological polar surface area (TPSA) is 94.5 Å². The normalized spacial score (nSPS) is 11.1. The number of hydrogen-bond acceptors (Lipinski definition) is 6. The molecule has 0 aliphatic rings.